The Morgan fingerprint density at radius 1 is 0.903 bits per heavy atom. The Morgan fingerprint density at radius 2 is 1.45 bits per heavy atom. The molecule has 0 aliphatic heterocycles. The second kappa shape index (κ2) is 10.7. The SMILES string of the molecule is N#CCCN(C(=O)COC(=O)C(c1ccccc1)c1ccccc1)c1ccc(F)cc1. The first-order chi connectivity index (χ1) is 15.1. The molecular weight excluding hydrogens is 395 g/mol. The Labute approximate surface area is 180 Å². The molecule has 0 spiro atoms. The van der Waals surface area contributed by atoms with E-state index in [-0.39, 0.29) is 13.0 Å². The summed E-state index contributed by atoms with van der Waals surface area (Å²) in [5.74, 6) is -2.15. The molecule has 6 heteroatoms. The van der Waals surface area contributed by atoms with Crippen molar-refractivity contribution in [1.82, 2.24) is 0 Å². The minimum absolute atomic E-state index is 0.0910. The summed E-state index contributed by atoms with van der Waals surface area (Å²) in [6, 6.07) is 25.7. The summed E-state index contributed by atoms with van der Waals surface area (Å²) in [6.07, 6.45) is 0.0910. The average Bonchev–Trinajstić information content (AvgIpc) is 2.80. The van der Waals surface area contributed by atoms with Gasteiger partial charge in [-0.05, 0) is 35.4 Å². The molecule has 0 aliphatic carbocycles. The van der Waals surface area contributed by atoms with Crippen LogP contribution in [0.25, 0.3) is 0 Å². The molecule has 0 saturated heterocycles. The lowest BCUT2D eigenvalue weighted by Gasteiger charge is -2.23. The molecule has 0 aliphatic rings. The molecule has 0 bridgehead atoms. The van der Waals surface area contributed by atoms with Crippen LogP contribution in [0.3, 0.4) is 0 Å². The molecule has 0 N–H and O–H groups in total. The molecule has 1 amide bonds. The van der Waals surface area contributed by atoms with Crippen LogP contribution in [0.1, 0.15) is 23.5 Å². The lowest BCUT2D eigenvalue weighted by atomic mass is 9.91. The van der Waals surface area contributed by atoms with E-state index in [2.05, 4.69) is 0 Å². The largest absolute Gasteiger partial charge is 0.455 e. The van der Waals surface area contributed by atoms with Crippen LogP contribution in [0.15, 0.2) is 84.9 Å². The second-order valence-electron chi connectivity index (χ2n) is 6.79. The monoisotopic (exact) mass is 416 g/mol. The lowest BCUT2D eigenvalue weighted by Crippen LogP contribution is -2.36. The summed E-state index contributed by atoms with van der Waals surface area (Å²) < 4.78 is 18.6. The van der Waals surface area contributed by atoms with E-state index in [0.29, 0.717) is 5.69 Å². The van der Waals surface area contributed by atoms with Gasteiger partial charge in [0, 0.05) is 12.2 Å². The normalized spacial score (nSPS) is 10.4. The number of amides is 1. The molecule has 31 heavy (non-hydrogen) atoms. The molecule has 0 aromatic heterocycles. The Bertz CT molecular complexity index is 1010. The second-order valence-corrected chi connectivity index (χ2v) is 6.79. The number of esters is 1. The van der Waals surface area contributed by atoms with E-state index in [4.69, 9.17) is 10.00 Å². The zero-order valence-electron chi connectivity index (χ0n) is 16.8. The van der Waals surface area contributed by atoms with Crippen molar-refractivity contribution >= 4 is 17.6 Å². The smallest absolute Gasteiger partial charge is 0.318 e. The van der Waals surface area contributed by atoms with Crippen molar-refractivity contribution in [2.24, 2.45) is 0 Å². The van der Waals surface area contributed by atoms with Crippen LogP contribution >= 0.6 is 0 Å². The van der Waals surface area contributed by atoms with Crippen LogP contribution < -0.4 is 4.90 Å². The van der Waals surface area contributed by atoms with Gasteiger partial charge in [-0.25, -0.2) is 4.39 Å². The minimum Gasteiger partial charge on any atom is -0.455 e. The molecule has 0 heterocycles. The highest BCUT2D eigenvalue weighted by Gasteiger charge is 2.26. The number of hydrogen-bond donors (Lipinski definition) is 0. The van der Waals surface area contributed by atoms with Gasteiger partial charge in [-0.3, -0.25) is 9.59 Å². The number of halogens is 1. The number of anilines is 1. The van der Waals surface area contributed by atoms with Crippen LogP contribution in [0, 0.1) is 17.1 Å². The molecular formula is C25H21FN2O3. The molecule has 0 saturated carbocycles. The predicted molar refractivity (Wildman–Crippen MR) is 115 cm³/mol. The quantitative estimate of drug-likeness (QED) is 0.509. The van der Waals surface area contributed by atoms with Crippen molar-refractivity contribution < 1.29 is 18.7 Å². The Hall–Kier alpha value is -3.98. The zero-order chi connectivity index (χ0) is 22.1. The first kappa shape index (κ1) is 21.7. The zero-order valence-corrected chi connectivity index (χ0v) is 16.8. The molecule has 5 nitrogen and oxygen atoms in total. The van der Waals surface area contributed by atoms with Crippen molar-refractivity contribution in [2.45, 2.75) is 12.3 Å². The van der Waals surface area contributed by atoms with E-state index in [1.165, 1.54) is 29.2 Å². The third-order valence-corrected chi connectivity index (χ3v) is 4.73. The van der Waals surface area contributed by atoms with Gasteiger partial charge >= 0.3 is 5.97 Å². The van der Waals surface area contributed by atoms with Crippen molar-refractivity contribution in [1.29, 1.82) is 5.26 Å². The maximum absolute atomic E-state index is 13.2. The lowest BCUT2D eigenvalue weighted by molar-refractivity contribution is -0.148. The predicted octanol–water partition coefficient (Wildman–Crippen LogP) is 4.45. The Balaban J connectivity index is 1.76. The van der Waals surface area contributed by atoms with Gasteiger partial charge in [0.1, 0.15) is 11.7 Å². The number of carbonyl (C=O) groups is 2. The molecule has 3 aromatic carbocycles. The van der Waals surface area contributed by atoms with E-state index in [1.807, 2.05) is 66.7 Å². The number of nitriles is 1. The standard InChI is InChI=1S/C25H21FN2O3/c26-21-12-14-22(15-13-21)28(17-7-16-27)23(29)18-31-25(30)24(19-8-3-1-4-9-19)20-10-5-2-6-11-20/h1-6,8-15,24H,7,17-18H2. The van der Waals surface area contributed by atoms with Crippen molar-refractivity contribution in [3.8, 4) is 6.07 Å². The number of benzene rings is 3. The molecule has 0 fully saturated rings. The summed E-state index contributed by atoms with van der Waals surface area (Å²) in [7, 11) is 0. The number of ether oxygens (including phenoxy) is 1. The summed E-state index contributed by atoms with van der Waals surface area (Å²) in [5.41, 5.74) is 1.94. The molecule has 0 radical (unpaired) electrons. The van der Waals surface area contributed by atoms with Crippen molar-refractivity contribution in [2.75, 3.05) is 18.1 Å². The summed E-state index contributed by atoms with van der Waals surface area (Å²) in [6.45, 7) is -0.378. The third-order valence-electron chi connectivity index (χ3n) is 4.73. The topological polar surface area (TPSA) is 70.4 Å². The van der Waals surface area contributed by atoms with Gasteiger partial charge < -0.3 is 9.64 Å². The summed E-state index contributed by atoms with van der Waals surface area (Å²) in [5, 5.41) is 8.90. The fourth-order valence-electron chi connectivity index (χ4n) is 3.23. The summed E-state index contributed by atoms with van der Waals surface area (Å²) in [4.78, 5) is 27.1. The number of nitrogens with zero attached hydrogens (tertiary/aromatic N) is 2. The minimum atomic E-state index is -0.673. The highest BCUT2D eigenvalue weighted by Crippen LogP contribution is 2.26. The molecule has 156 valence electrons. The van der Waals surface area contributed by atoms with Gasteiger partial charge in [0.25, 0.3) is 5.91 Å². The number of hydrogen-bond acceptors (Lipinski definition) is 4. The van der Waals surface area contributed by atoms with Gasteiger partial charge in [0.05, 0.1) is 12.5 Å². The maximum atomic E-state index is 13.2. The maximum Gasteiger partial charge on any atom is 0.318 e. The first-order valence-corrected chi connectivity index (χ1v) is 9.79. The van der Waals surface area contributed by atoms with E-state index < -0.39 is 30.2 Å². The van der Waals surface area contributed by atoms with E-state index >= 15 is 0 Å². The van der Waals surface area contributed by atoms with Crippen LogP contribution in [0.4, 0.5) is 10.1 Å². The molecule has 3 rings (SSSR count). The summed E-state index contributed by atoms with van der Waals surface area (Å²) >= 11 is 0. The van der Waals surface area contributed by atoms with Crippen LogP contribution in [0.2, 0.25) is 0 Å². The Kier molecular flexibility index (Phi) is 7.50. The highest BCUT2D eigenvalue weighted by atomic mass is 19.1. The highest BCUT2D eigenvalue weighted by molar-refractivity contribution is 5.95. The van der Waals surface area contributed by atoms with E-state index in [9.17, 15) is 14.0 Å². The Morgan fingerprint density at radius 3 is 1.97 bits per heavy atom. The van der Waals surface area contributed by atoms with Crippen LogP contribution in [0.5, 0.6) is 0 Å². The molecule has 0 atom stereocenters. The van der Waals surface area contributed by atoms with E-state index in [1.54, 1.807) is 0 Å². The average molecular weight is 416 g/mol. The van der Waals surface area contributed by atoms with Gasteiger partial charge in [-0.2, -0.15) is 5.26 Å². The fraction of sp³-hybridized carbons (Fsp3) is 0.160. The molecule has 0 unspecified atom stereocenters. The van der Waals surface area contributed by atoms with Gasteiger partial charge in [0.2, 0.25) is 0 Å². The third kappa shape index (κ3) is 5.77. The van der Waals surface area contributed by atoms with Crippen LogP contribution in [-0.2, 0) is 14.3 Å². The van der Waals surface area contributed by atoms with Gasteiger partial charge in [0.15, 0.2) is 6.61 Å². The molecule has 3 aromatic rings. The number of carbonyl (C=O) groups excluding carboxylic acids is 2. The fourth-order valence-corrected chi connectivity index (χ4v) is 3.23. The van der Waals surface area contributed by atoms with E-state index in [0.717, 1.165) is 11.1 Å². The number of rotatable bonds is 8. The van der Waals surface area contributed by atoms with Crippen LogP contribution in [-0.4, -0.2) is 25.0 Å². The van der Waals surface area contributed by atoms with Gasteiger partial charge in [-0.1, -0.05) is 60.7 Å². The van der Waals surface area contributed by atoms with Crippen molar-refractivity contribution in [3.05, 3.63) is 102 Å². The van der Waals surface area contributed by atoms with Crippen molar-refractivity contribution in [3.63, 3.8) is 0 Å². The first-order valence-electron chi connectivity index (χ1n) is 9.79. The van der Waals surface area contributed by atoms with Gasteiger partial charge in [-0.15, -0.1) is 0 Å².